The molecule has 0 aromatic heterocycles. The molecule has 2 fully saturated rings. The number of nitrogens with two attached hydrogens (primary N) is 1. The van der Waals surface area contributed by atoms with Crippen LogP contribution in [0.2, 0.25) is 0 Å². The zero-order valence-corrected chi connectivity index (χ0v) is 11.9. The average molecular weight is 268 g/mol. The number of amides is 1. The van der Waals surface area contributed by atoms with Gasteiger partial charge in [-0.05, 0) is 56.8 Å². The number of hydrogen-bond donors (Lipinski definition) is 2. The van der Waals surface area contributed by atoms with Crippen molar-refractivity contribution in [3.63, 3.8) is 0 Å². The van der Waals surface area contributed by atoms with Gasteiger partial charge < -0.3 is 15.8 Å². The number of ether oxygens (including phenoxy) is 1. The topological polar surface area (TPSA) is 64.4 Å². The molecule has 1 amide bonds. The van der Waals surface area contributed by atoms with Crippen molar-refractivity contribution in [2.24, 2.45) is 17.6 Å². The lowest BCUT2D eigenvalue weighted by molar-refractivity contribution is -0.121. The molecule has 0 aromatic rings. The van der Waals surface area contributed by atoms with Crippen LogP contribution in [0.5, 0.6) is 0 Å². The lowest BCUT2D eigenvalue weighted by atomic mass is 9.84. The second-order valence-electron chi connectivity index (χ2n) is 6.18. The van der Waals surface area contributed by atoms with Gasteiger partial charge in [-0.3, -0.25) is 4.79 Å². The minimum Gasteiger partial charge on any atom is -0.381 e. The molecular formula is C15H28N2O2. The number of nitrogens with one attached hydrogen (secondary N) is 1. The zero-order chi connectivity index (χ0) is 13.5. The van der Waals surface area contributed by atoms with E-state index in [4.69, 9.17) is 10.5 Å². The number of rotatable bonds is 5. The summed E-state index contributed by atoms with van der Waals surface area (Å²) in [6.07, 6.45) is 8.56. The Labute approximate surface area is 116 Å². The second-order valence-corrected chi connectivity index (χ2v) is 6.18. The largest absolute Gasteiger partial charge is 0.381 e. The van der Waals surface area contributed by atoms with E-state index in [1.54, 1.807) is 0 Å². The first-order valence-electron chi connectivity index (χ1n) is 7.84. The van der Waals surface area contributed by atoms with Crippen LogP contribution in [0.25, 0.3) is 0 Å². The van der Waals surface area contributed by atoms with Crippen LogP contribution in [-0.2, 0) is 9.53 Å². The predicted octanol–water partition coefficient (Wildman–Crippen LogP) is 1.83. The summed E-state index contributed by atoms with van der Waals surface area (Å²) in [6.45, 7) is 2.53. The van der Waals surface area contributed by atoms with E-state index in [0.29, 0.717) is 24.3 Å². The highest BCUT2D eigenvalue weighted by atomic mass is 16.5. The van der Waals surface area contributed by atoms with Gasteiger partial charge in [0.1, 0.15) is 0 Å². The standard InChI is InChI=1S/C15H28N2O2/c16-14-4-1-12(2-5-14)3-6-15(18)17-11-13-7-9-19-10-8-13/h12-14H,1-11,16H2,(H,17,18). The molecule has 1 aliphatic heterocycles. The molecule has 0 spiro atoms. The van der Waals surface area contributed by atoms with Crippen molar-refractivity contribution in [2.45, 2.75) is 57.4 Å². The first-order chi connectivity index (χ1) is 9.24. The molecule has 1 saturated carbocycles. The van der Waals surface area contributed by atoms with E-state index in [0.717, 1.165) is 51.9 Å². The van der Waals surface area contributed by atoms with E-state index >= 15 is 0 Å². The van der Waals surface area contributed by atoms with Crippen LogP contribution in [0, 0.1) is 11.8 Å². The molecule has 0 radical (unpaired) electrons. The summed E-state index contributed by atoms with van der Waals surface area (Å²) in [5, 5.41) is 3.08. The molecule has 0 unspecified atom stereocenters. The quantitative estimate of drug-likeness (QED) is 0.799. The van der Waals surface area contributed by atoms with Gasteiger partial charge in [0.25, 0.3) is 0 Å². The van der Waals surface area contributed by atoms with Crippen molar-refractivity contribution in [2.75, 3.05) is 19.8 Å². The summed E-state index contributed by atoms with van der Waals surface area (Å²) < 4.78 is 5.32. The molecule has 0 aromatic carbocycles. The van der Waals surface area contributed by atoms with Crippen LogP contribution in [0.4, 0.5) is 0 Å². The summed E-state index contributed by atoms with van der Waals surface area (Å²) in [5.41, 5.74) is 5.89. The Bertz CT molecular complexity index is 269. The van der Waals surface area contributed by atoms with Crippen molar-refractivity contribution in [1.29, 1.82) is 0 Å². The maximum atomic E-state index is 11.8. The Morgan fingerprint density at radius 2 is 1.74 bits per heavy atom. The van der Waals surface area contributed by atoms with Crippen LogP contribution < -0.4 is 11.1 Å². The molecule has 0 bridgehead atoms. The maximum Gasteiger partial charge on any atom is 0.220 e. The van der Waals surface area contributed by atoms with Crippen LogP contribution in [0.3, 0.4) is 0 Å². The van der Waals surface area contributed by atoms with Gasteiger partial charge in [-0.15, -0.1) is 0 Å². The van der Waals surface area contributed by atoms with Crippen LogP contribution >= 0.6 is 0 Å². The van der Waals surface area contributed by atoms with Gasteiger partial charge in [-0.2, -0.15) is 0 Å². The fourth-order valence-corrected chi connectivity index (χ4v) is 3.11. The van der Waals surface area contributed by atoms with Crippen molar-refractivity contribution < 1.29 is 9.53 Å². The van der Waals surface area contributed by atoms with E-state index in [1.807, 2.05) is 0 Å². The van der Waals surface area contributed by atoms with Gasteiger partial charge in [0.05, 0.1) is 0 Å². The molecule has 1 aliphatic carbocycles. The number of hydrogen-bond acceptors (Lipinski definition) is 3. The first-order valence-corrected chi connectivity index (χ1v) is 7.84. The molecule has 2 aliphatic rings. The molecule has 2 rings (SSSR count). The van der Waals surface area contributed by atoms with Crippen molar-refractivity contribution in [3.8, 4) is 0 Å². The third-order valence-electron chi connectivity index (χ3n) is 4.60. The van der Waals surface area contributed by atoms with Crippen molar-refractivity contribution in [1.82, 2.24) is 5.32 Å². The molecule has 4 heteroatoms. The van der Waals surface area contributed by atoms with Gasteiger partial charge in [-0.1, -0.05) is 0 Å². The van der Waals surface area contributed by atoms with Crippen molar-refractivity contribution in [3.05, 3.63) is 0 Å². The average Bonchev–Trinajstić information content (AvgIpc) is 2.45. The Hall–Kier alpha value is -0.610. The molecule has 1 saturated heterocycles. The van der Waals surface area contributed by atoms with Gasteiger partial charge in [-0.25, -0.2) is 0 Å². The fraction of sp³-hybridized carbons (Fsp3) is 0.933. The first kappa shape index (κ1) is 14.8. The van der Waals surface area contributed by atoms with E-state index in [1.165, 1.54) is 12.8 Å². The van der Waals surface area contributed by atoms with E-state index < -0.39 is 0 Å². The minimum atomic E-state index is 0.223. The van der Waals surface area contributed by atoms with Crippen LogP contribution in [-0.4, -0.2) is 31.7 Å². The smallest absolute Gasteiger partial charge is 0.220 e. The molecule has 1 heterocycles. The number of carbonyl (C=O) groups excluding carboxylic acids is 1. The SMILES string of the molecule is NC1CCC(CCC(=O)NCC2CCOCC2)CC1. The summed E-state index contributed by atoms with van der Waals surface area (Å²) in [4.78, 5) is 11.8. The zero-order valence-electron chi connectivity index (χ0n) is 11.9. The van der Waals surface area contributed by atoms with Gasteiger partial charge in [0, 0.05) is 32.2 Å². The normalized spacial score (nSPS) is 29.1. The predicted molar refractivity (Wildman–Crippen MR) is 75.7 cm³/mol. The highest BCUT2D eigenvalue weighted by Gasteiger charge is 2.19. The molecule has 4 nitrogen and oxygen atoms in total. The Kier molecular flexibility index (Phi) is 6.11. The molecule has 110 valence electrons. The Balaban J connectivity index is 1.54. The third kappa shape index (κ3) is 5.49. The Morgan fingerprint density at radius 3 is 2.42 bits per heavy atom. The lowest BCUT2D eigenvalue weighted by Crippen LogP contribution is -2.32. The van der Waals surface area contributed by atoms with Gasteiger partial charge in [0.2, 0.25) is 5.91 Å². The summed E-state index contributed by atoms with van der Waals surface area (Å²) >= 11 is 0. The highest BCUT2D eigenvalue weighted by molar-refractivity contribution is 5.75. The Morgan fingerprint density at radius 1 is 1.05 bits per heavy atom. The molecule has 19 heavy (non-hydrogen) atoms. The van der Waals surface area contributed by atoms with Crippen LogP contribution in [0.15, 0.2) is 0 Å². The third-order valence-corrected chi connectivity index (χ3v) is 4.60. The summed E-state index contributed by atoms with van der Waals surface area (Å²) in [7, 11) is 0. The fourth-order valence-electron chi connectivity index (χ4n) is 3.11. The van der Waals surface area contributed by atoms with E-state index in [9.17, 15) is 4.79 Å². The number of carbonyl (C=O) groups is 1. The lowest BCUT2D eigenvalue weighted by Gasteiger charge is -2.26. The van der Waals surface area contributed by atoms with Crippen molar-refractivity contribution >= 4 is 5.91 Å². The summed E-state index contributed by atoms with van der Waals surface area (Å²) in [6, 6.07) is 0.401. The molecule has 3 N–H and O–H groups in total. The van der Waals surface area contributed by atoms with Gasteiger partial charge in [0.15, 0.2) is 0 Å². The maximum absolute atomic E-state index is 11.8. The monoisotopic (exact) mass is 268 g/mol. The van der Waals surface area contributed by atoms with Gasteiger partial charge >= 0.3 is 0 Å². The minimum absolute atomic E-state index is 0.223. The molecular weight excluding hydrogens is 240 g/mol. The highest BCUT2D eigenvalue weighted by Crippen LogP contribution is 2.26. The van der Waals surface area contributed by atoms with Crippen LogP contribution in [0.1, 0.15) is 51.4 Å². The second kappa shape index (κ2) is 7.85. The summed E-state index contributed by atoms with van der Waals surface area (Å²) in [5.74, 6) is 1.56. The van der Waals surface area contributed by atoms with E-state index in [2.05, 4.69) is 5.32 Å². The molecule has 0 atom stereocenters. The van der Waals surface area contributed by atoms with E-state index in [-0.39, 0.29) is 5.91 Å².